The Kier molecular flexibility index (Phi) is 5.67. The van der Waals surface area contributed by atoms with Gasteiger partial charge in [-0.2, -0.15) is 0 Å². The zero-order valence-electron chi connectivity index (χ0n) is 12.7. The number of nitrogens with zero attached hydrogens (tertiary/aromatic N) is 1. The van der Waals surface area contributed by atoms with Crippen molar-refractivity contribution in [3.63, 3.8) is 0 Å². The van der Waals surface area contributed by atoms with Gasteiger partial charge in [0.2, 0.25) is 0 Å². The second-order valence-electron chi connectivity index (χ2n) is 5.40. The highest BCUT2D eigenvalue weighted by atomic mass is 35.5. The van der Waals surface area contributed by atoms with E-state index >= 15 is 0 Å². The minimum Gasteiger partial charge on any atom is -0.379 e. The average Bonchev–Trinajstić information content (AvgIpc) is 3.12. The van der Waals surface area contributed by atoms with Gasteiger partial charge in [0.15, 0.2) is 0 Å². The van der Waals surface area contributed by atoms with Crippen molar-refractivity contribution in [2.24, 2.45) is 0 Å². The molecule has 1 fully saturated rings. The van der Waals surface area contributed by atoms with Crippen molar-refractivity contribution in [2.45, 2.75) is 6.04 Å². The van der Waals surface area contributed by atoms with Crippen LogP contribution < -0.4 is 5.32 Å². The molecule has 0 radical (unpaired) electrons. The second-order valence-corrected chi connectivity index (χ2v) is 6.79. The van der Waals surface area contributed by atoms with Crippen LogP contribution in [0, 0.1) is 0 Å². The lowest BCUT2D eigenvalue weighted by Gasteiger charge is -2.35. The number of morpholine rings is 1. The van der Waals surface area contributed by atoms with Crippen LogP contribution in [0.1, 0.15) is 21.3 Å². The van der Waals surface area contributed by atoms with Gasteiger partial charge >= 0.3 is 0 Å². The molecule has 1 saturated heterocycles. The number of ether oxygens (including phenoxy) is 1. The molecule has 3 rings (SSSR count). The van der Waals surface area contributed by atoms with Crippen LogP contribution in [-0.4, -0.2) is 43.7 Å². The van der Waals surface area contributed by atoms with Gasteiger partial charge in [0.25, 0.3) is 5.91 Å². The summed E-state index contributed by atoms with van der Waals surface area (Å²) in [5.41, 5.74) is 1.16. The number of hydrogen-bond acceptors (Lipinski definition) is 4. The summed E-state index contributed by atoms with van der Waals surface area (Å²) >= 11 is 7.45. The number of benzene rings is 1. The Labute approximate surface area is 145 Å². The second kappa shape index (κ2) is 7.93. The van der Waals surface area contributed by atoms with E-state index in [9.17, 15) is 4.79 Å². The highest BCUT2D eigenvalue weighted by molar-refractivity contribution is 7.12. The third-order valence-corrected chi connectivity index (χ3v) is 5.06. The molecule has 0 spiro atoms. The van der Waals surface area contributed by atoms with E-state index in [0.717, 1.165) is 41.8 Å². The van der Waals surface area contributed by atoms with Crippen LogP contribution in [0.25, 0.3) is 0 Å². The van der Waals surface area contributed by atoms with Crippen molar-refractivity contribution in [2.75, 3.05) is 32.8 Å². The van der Waals surface area contributed by atoms with Crippen LogP contribution in [0.2, 0.25) is 5.02 Å². The number of rotatable bonds is 5. The quantitative estimate of drug-likeness (QED) is 0.900. The summed E-state index contributed by atoms with van der Waals surface area (Å²) in [6, 6.07) is 11.7. The molecule has 23 heavy (non-hydrogen) atoms. The summed E-state index contributed by atoms with van der Waals surface area (Å²) < 4.78 is 5.44. The Morgan fingerprint density at radius 2 is 2.00 bits per heavy atom. The van der Waals surface area contributed by atoms with E-state index in [0.29, 0.717) is 6.54 Å². The van der Waals surface area contributed by atoms with E-state index in [2.05, 4.69) is 10.2 Å². The van der Waals surface area contributed by atoms with E-state index in [1.54, 1.807) is 0 Å². The largest absolute Gasteiger partial charge is 0.379 e. The van der Waals surface area contributed by atoms with Crippen LogP contribution in [0.4, 0.5) is 0 Å². The van der Waals surface area contributed by atoms with Crippen LogP contribution in [0.3, 0.4) is 0 Å². The number of hydrogen-bond donors (Lipinski definition) is 1. The Hall–Kier alpha value is -1.40. The first kappa shape index (κ1) is 16.5. The molecule has 0 bridgehead atoms. The lowest BCUT2D eigenvalue weighted by Crippen LogP contribution is -2.43. The maximum atomic E-state index is 12.2. The number of halogens is 1. The number of carbonyl (C=O) groups excluding carboxylic acids is 1. The summed E-state index contributed by atoms with van der Waals surface area (Å²) in [5.74, 6) is -0.0211. The molecule has 1 N–H and O–H groups in total. The van der Waals surface area contributed by atoms with Gasteiger partial charge in [-0.25, -0.2) is 0 Å². The number of amides is 1. The van der Waals surface area contributed by atoms with Crippen molar-refractivity contribution < 1.29 is 9.53 Å². The van der Waals surface area contributed by atoms with Gasteiger partial charge in [0, 0.05) is 24.7 Å². The minimum atomic E-state index is -0.0211. The third-order valence-electron chi connectivity index (χ3n) is 3.94. The minimum absolute atomic E-state index is 0.0211. The Balaban J connectivity index is 1.72. The van der Waals surface area contributed by atoms with Crippen LogP contribution in [0.15, 0.2) is 41.8 Å². The first-order valence-corrected chi connectivity index (χ1v) is 8.89. The zero-order valence-corrected chi connectivity index (χ0v) is 14.3. The smallest absolute Gasteiger partial charge is 0.261 e. The molecule has 1 amide bonds. The molecule has 1 aliphatic rings. The molecule has 1 aliphatic heterocycles. The van der Waals surface area contributed by atoms with Gasteiger partial charge in [0.05, 0.1) is 24.1 Å². The van der Waals surface area contributed by atoms with Crippen LogP contribution in [-0.2, 0) is 4.74 Å². The molecule has 2 aromatic rings. The summed E-state index contributed by atoms with van der Waals surface area (Å²) in [7, 11) is 0. The summed E-state index contributed by atoms with van der Waals surface area (Å²) in [5, 5.41) is 5.68. The number of carbonyl (C=O) groups is 1. The third kappa shape index (κ3) is 4.32. The van der Waals surface area contributed by atoms with E-state index in [1.807, 2.05) is 41.8 Å². The molecular weight excluding hydrogens is 332 g/mol. The monoisotopic (exact) mass is 350 g/mol. The maximum Gasteiger partial charge on any atom is 0.261 e. The normalized spacial score (nSPS) is 16.9. The fraction of sp³-hybridized carbons (Fsp3) is 0.353. The topological polar surface area (TPSA) is 41.6 Å². The lowest BCUT2D eigenvalue weighted by atomic mass is 10.0. The highest BCUT2D eigenvalue weighted by Gasteiger charge is 2.23. The van der Waals surface area contributed by atoms with Gasteiger partial charge in [-0.15, -0.1) is 11.3 Å². The molecule has 6 heteroatoms. The lowest BCUT2D eigenvalue weighted by molar-refractivity contribution is 0.0162. The predicted octanol–water partition coefficient (Wildman–Crippen LogP) is 3.20. The van der Waals surface area contributed by atoms with Gasteiger partial charge in [-0.3, -0.25) is 9.69 Å². The fourth-order valence-corrected chi connectivity index (χ4v) is 3.48. The Bertz CT molecular complexity index is 625. The van der Waals surface area contributed by atoms with E-state index in [1.165, 1.54) is 11.3 Å². The van der Waals surface area contributed by atoms with Gasteiger partial charge < -0.3 is 10.1 Å². The first-order valence-electron chi connectivity index (χ1n) is 7.63. The molecule has 122 valence electrons. The summed E-state index contributed by atoms with van der Waals surface area (Å²) in [6.07, 6.45) is 0. The van der Waals surface area contributed by atoms with Gasteiger partial charge in [-0.1, -0.05) is 29.8 Å². The van der Waals surface area contributed by atoms with Crippen molar-refractivity contribution in [3.05, 3.63) is 57.2 Å². The Morgan fingerprint density at radius 1 is 1.26 bits per heavy atom. The number of thiophene rings is 1. The number of nitrogens with one attached hydrogen (secondary N) is 1. The fourth-order valence-electron chi connectivity index (χ4n) is 2.72. The zero-order chi connectivity index (χ0) is 16.1. The van der Waals surface area contributed by atoms with E-state index < -0.39 is 0 Å². The molecule has 1 aromatic carbocycles. The average molecular weight is 351 g/mol. The molecular formula is C17H19ClN2O2S. The SMILES string of the molecule is O=C(NC[C@H](c1ccc(Cl)cc1)N1CCOCC1)c1cccs1. The van der Waals surface area contributed by atoms with Gasteiger partial charge in [-0.05, 0) is 29.1 Å². The van der Waals surface area contributed by atoms with Crippen molar-refractivity contribution in [1.29, 1.82) is 0 Å². The molecule has 1 atom stereocenters. The van der Waals surface area contributed by atoms with Crippen molar-refractivity contribution >= 4 is 28.8 Å². The Morgan fingerprint density at radius 3 is 2.65 bits per heavy atom. The molecule has 4 nitrogen and oxygen atoms in total. The molecule has 0 aliphatic carbocycles. The van der Waals surface area contributed by atoms with Crippen molar-refractivity contribution in [3.8, 4) is 0 Å². The molecule has 0 unspecified atom stereocenters. The molecule has 1 aromatic heterocycles. The molecule has 2 heterocycles. The standard InChI is InChI=1S/C17H19ClN2O2S/c18-14-5-3-13(4-6-14)15(20-7-9-22-10-8-20)12-19-17(21)16-2-1-11-23-16/h1-6,11,15H,7-10,12H2,(H,19,21)/t15-/m1/s1. The first-order chi connectivity index (χ1) is 11.2. The van der Waals surface area contributed by atoms with Gasteiger partial charge in [0.1, 0.15) is 0 Å². The maximum absolute atomic E-state index is 12.2. The van der Waals surface area contributed by atoms with E-state index in [4.69, 9.17) is 16.3 Å². The predicted molar refractivity (Wildman–Crippen MR) is 93.2 cm³/mol. The summed E-state index contributed by atoms with van der Waals surface area (Å²) in [4.78, 5) is 15.3. The van der Waals surface area contributed by atoms with Crippen LogP contribution >= 0.6 is 22.9 Å². The highest BCUT2D eigenvalue weighted by Crippen LogP contribution is 2.23. The van der Waals surface area contributed by atoms with Crippen molar-refractivity contribution in [1.82, 2.24) is 10.2 Å². The van der Waals surface area contributed by atoms with E-state index in [-0.39, 0.29) is 11.9 Å². The van der Waals surface area contributed by atoms with Crippen LogP contribution in [0.5, 0.6) is 0 Å². The summed E-state index contributed by atoms with van der Waals surface area (Å²) in [6.45, 7) is 3.74. The molecule has 0 saturated carbocycles.